The number of benzene rings is 2. The van der Waals surface area contributed by atoms with E-state index in [1.165, 1.54) is 5.56 Å². The molecule has 0 atom stereocenters. The van der Waals surface area contributed by atoms with Crippen LogP contribution in [0.4, 0.5) is 0 Å². The summed E-state index contributed by atoms with van der Waals surface area (Å²) in [4.78, 5) is 4.57. The molecule has 116 valence electrons. The van der Waals surface area contributed by atoms with E-state index in [1.807, 2.05) is 55.5 Å². The first-order chi connectivity index (χ1) is 11.2. The molecule has 0 bridgehead atoms. The Labute approximate surface area is 144 Å². The van der Waals surface area contributed by atoms with Gasteiger partial charge in [-0.1, -0.05) is 42.5 Å². The highest BCUT2D eigenvalue weighted by Crippen LogP contribution is 2.21. The van der Waals surface area contributed by atoms with Crippen molar-refractivity contribution in [3.8, 4) is 0 Å². The van der Waals surface area contributed by atoms with Crippen LogP contribution in [0.3, 0.4) is 0 Å². The molecule has 2 aromatic carbocycles. The van der Waals surface area contributed by atoms with Gasteiger partial charge in [-0.15, -0.1) is 11.3 Å². The molecule has 0 fully saturated rings. The first kappa shape index (κ1) is 15.6. The van der Waals surface area contributed by atoms with E-state index in [-0.39, 0.29) is 0 Å². The number of nitrogens with zero attached hydrogens (tertiary/aromatic N) is 2. The maximum absolute atomic E-state index is 5.24. The number of thiocarbonyl (C=S) groups is 1. The minimum Gasteiger partial charge on any atom is -0.357 e. The molecule has 0 radical (unpaired) electrons. The van der Waals surface area contributed by atoms with Crippen LogP contribution in [-0.4, -0.2) is 15.8 Å². The normalized spacial score (nSPS) is 11.4. The van der Waals surface area contributed by atoms with Crippen molar-refractivity contribution >= 4 is 44.6 Å². The summed E-state index contributed by atoms with van der Waals surface area (Å²) in [5, 5.41) is 8.83. The first-order valence-electron chi connectivity index (χ1n) is 7.20. The topological polar surface area (TPSA) is 49.3 Å². The van der Waals surface area contributed by atoms with E-state index in [0.29, 0.717) is 11.7 Å². The van der Waals surface area contributed by atoms with Crippen LogP contribution < -0.4 is 10.7 Å². The third kappa shape index (κ3) is 4.12. The molecular weight excluding hydrogens is 324 g/mol. The summed E-state index contributed by atoms with van der Waals surface area (Å²) < 4.78 is 1.15. The Morgan fingerprint density at radius 1 is 1.13 bits per heavy atom. The fraction of sp³-hybridized carbons (Fsp3) is 0.118. The maximum atomic E-state index is 5.24. The summed E-state index contributed by atoms with van der Waals surface area (Å²) in [6, 6.07) is 18.1. The van der Waals surface area contributed by atoms with Crippen molar-refractivity contribution in [3.05, 3.63) is 65.2 Å². The summed E-state index contributed by atoms with van der Waals surface area (Å²) in [6.07, 6.45) is 0. The Kier molecular flexibility index (Phi) is 4.95. The minimum absolute atomic E-state index is 0.495. The third-order valence-corrected chi connectivity index (χ3v) is 4.61. The molecule has 0 unspecified atom stereocenters. The van der Waals surface area contributed by atoms with Crippen molar-refractivity contribution in [1.29, 1.82) is 0 Å². The number of rotatable bonds is 4. The highest BCUT2D eigenvalue weighted by Gasteiger charge is 2.06. The van der Waals surface area contributed by atoms with Gasteiger partial charge in [-0.2, -0.15) is 5.10 Å². The molecule has 0 aliphatic rings. The zero-order chi connectivity index (χ0) is 16.1. The molecule has 0 amide bonds. The van der Waals surface area contributed by atoms with Crippen molar-refractivity contribution in [1.82, 2.24) is 15.7 Å². The van der Waals surface area contributed by atoms with Crippen molar-refractivity contribution in [3.63, 3.8) is 0 Å². The minimum atomic E-state index is 0.495. The predicted octanol–water partition coefficient (Wildman–Crippen LogP) is 3.68. The van der Waals surface area contributed by atoms with Gasteiger partial charge in [0, 0.05) is 6.54 Å². The third-order valence-electron chi connectivity index (χ3n) is 3.22. The lowest BCUT2D eigenvalue weighted by molar-refractivity contribution is 0.866. The molecule has 3 rings (SSSR count). The van der Waals surface area contributed by atoms with E-state index in [1.54, 1.807) is 11.3 Å². The lowest BCUT2D eigenvalue weighted by Gasteiger charge is -2.07. The Morgan fingerprint density at radius 3 is 2.65 bits per heavy atom. The second-order valence-corrected chi connectivity index (χ2v) is 6.40. The Bertz CT molecular complexity index is 807. The number of hydrogen-bond donors (Lipinski definition) is 2. The van der Waals surface area contributed by atoms with Gasteiger partial charge >= 0.3 is 0 Å². The summed E-state index contributed by atoms with van der Waals surface area (Å²) in [6.45, 7) is 2.59. The second kappa shape index (κ2) is 7.30. The van der Waals surface area contributed by atoms with E-state index < -0.39 is 0 Å². The summed E-state index contributed by atoms with van der Waals surface area (Å²) in [7, 11) is 0. The van der Waals surface area contributed by atoms with Crippen LogP contribution in [0.1, 0.15) is 17.5 Å². The van der Waals surface area contributed by atoms with Crippen LogP contribution >= 0.6 is 23.6 Å². The van der Waals surface area contributed by atoms with Crippen LogP contribution in [0.15, 0.2) is 59.7 Å². The molecule has 0 aliphatic carbocycles. The maximum Gasteiger partial charge on any atom is 0.187 e. The van der Waals surface area contributed by atoms with Gasteiger partial charge < -0.3 is 5.32 Å². The van der Waals surface area contributed by atoms with Crippen LogP contribution in [0.5, 0.6) is 0 Å². The molecule has 0 saturated heterocycles. The summed E-state index contributed by atoms with van der Waals surface area (Å²) >= 11 is 6.86. The number of aromatic nitrogens is 1. The second-order valence-electron chi connectivity index (χ2n) is 4.96. The molecule has 23 heavy (non-hydrogen) atoms. The fourth-order valence-corrected chi connectivity index (χ4v) is 3.06. The van der Waals surface area contributed by atoms with Crippen LogP contribution in [0, 0.1) is 0 Å². The van der Waals surface area contributed by atoms with E-state index in [2.05, 4.69) is 26.9 Å². The summed E-state index contributed by atoms with van der Waals surface area (Å²) in [5.74, 6) is 0. The molecule has 3 aromatic rings. The molecule has 1 heterocycles. The molecule has 2 N–H and O–H groups in total. The zero-order valence-electron chi connectivity index (χ0n) is 12.6. The number of thiazole rings is 1. The van der Waals surface area contributed by atoms with Crippen molar-refractivity contribution in [2.24, 2.45) is 5.10 Å². The number of fused-ring (bicyclic) bond motifs is 1. The van der Waals surface area contributed by atoms with E-state index in [9.17, 15) is 0 Å². The van der Waals surface area contributed by atoms with E-state index >= 15 is 0 Å². The predicted molar refractivity (Wildman–Crippen MR) is 101 cm³/mol. The molecule has 0 aliphatic heterocycles. The van der Waals surface area contributed by atoms with Crippen molar-refractivity contribution < 1.29 is 0 Å². The quantitative estimate of drug-likeness (QED) is 0.432. The standard InChI is InChI=1S/C17H16N4S2/c1-12(16-19-14-9-5-6-10-15(14)23-16)20-21-17(22)18-11-13-7-3-2-4-8-13/h2-10H,11H2,1H3,(H2,18,21,22)/b20-12-. The first-order valence-corrected chi connectivity index (χ1v) is 8.43. The SMILES string of the molecule is C/C(=N/NC(=S)NCc1ccccc1)c1nc2ccccc2s1. The average Bonchev–Trinajstić information content (AvgIpc) is 3.03. The van der Waals surface area contributed by atoms with E-state index in [4.69, 9.17) is 12.2 Å². The van der Waals surface area contributed by atoms with Crippen molar-refractivity contribution in [2.75, 3.05) is 0 Å². The number of hydrogen-bond acceptors (Lipinski definition) is 4. The zero-order valence-corrected chi connectivity index (χ0v) is 14.2. The lowest BCUT2D eigenvalue weighted by Crippen LogP contribution is -2.32. The smallest absolute Gasteiger partial charge is 0.187 e. The van der Waals surface area contributed by atoms with Gasteiger partial charge in [0.2, 0.25) is 0 Å². The Hall–Kier alpha value is -2.31. The van der Waals surface area contributed by atoms with Gasteiger partial charge in [-0.3, -0.25) is 5.43 Å². The molecule has 4 nitrogen and oxygen atoms in total. The van der Waals surface area contributed by atoms with E-state index in [0.717, 1.165) is 20.9 Å². The lowest BCUT2D eigenvalue weighted by atomic mass is 10.2. The number of para-hydroxylation sites is 1. The monoisotopic (exact) mass is 340 g/mol. The molecular formula is C17H16N4S2. The van der Waals surface area contributed by atoms with Crippen LogP contribution in [0.25, 0.3) is 10.2 Å². The molecule has 0 spiro atoms. The number of nitrogens with one attached hydrogen (secondary N) is 2. The van der Waals surface area contributed by atoms with Gasteiger partial charge in [0.15, 0.2) is 5.11 Å². The Balaban J connectivity index is 1.59. The van der Waals surface area contributed by atoms with Gasteiger partial charge in [0.1, 0.15) is 5.01 Å². The van der Waals surface area contributed by atoms with Crippen LogP contribution in [0.2, 0.25) is 0 Å². The Morgan fingerprint density at radius 2 is 1.87 bits per heavy atom. The molecule has 6 heteroatoms. The highest BCUT2D eigenvalue weighted by molar-refractivity contribution is 7.80. The molecule has 1 aromatic heterocycles. The fourth-order valence-electron chi connectivity index (χ4n) is 2.03. The van der Waals surface area contributed by atoms with Gasteiger partial charge in [-0.25, -0.2) is 4.98 Å². The van der Waals surface area contributed by atoms with Gasteiger partial charge in [-0.05, 0) is 36.8 Å². The largest absolute Gasteiger partial charge is 0.357 e. The number of hydrazone groups is 1. The highest BCUT2D eigenvalue weighted by atomic mass is 32.1. The summed E-state index contributed by atoms with van der Waals surface area (Å²) in [5.41, 5.74) is 5.85. The van der Waals surface area contributed by atoms with Crippen LogP contribution in [-0.2, 0) is 6.54 Å². The van der Waals surface area contributed by atoms with Crippen molar-refractivity contribution in [2.45, 2.75) is 13.5 Å². The average molecular weight is 340 g/mol. The molecule has 0 saturated carbocycles. The van der Waals surface area contributed by atoms with Gasteiger partial charge in [0.25, 0.3) is 0 Å². The van der Waals surface area contributed by atoms with Gasteiger partial charge in [0.05, 0.1) is 15.9 Å².